The van der Waals surface area contributed by atoms with Crippen LogP contribution in [0.15, 0.2) is 61.2 Å². The lowest BCUT2D eigenvalue weighted by atomic mass is 9.94. The van der Waals surface area contributed by atoms with Gasteiger partial charge in [-0.05, 0) is 55.9 Å². The molecule has 3 aromatic carbocycles. The molecule has 0 bridgehead atoms. The van der Waals surface area contributed by atoms with E-state index in [-0.39, 0.29) is 35.2 Å². The molecule has 184 valence electrons. The van der Waals surface area contributed by atoms with Crippen molar-refractivity contribution in [2.24, 2.45) is 5.92 Å². The van der Waals surface area contributed by atoms with Crippen LogP contribution in [0.3, 0.4) is 0 Å². The van der Waals surface area contributed by atoms with Gasteiger partial charge in [0.1, 0.15) is 0 Å². The van der Waals surface area contributed by atoms with Gasteiger partial charge in [-0.25, -0.2) is 13.2 Å². The van der Waals surface area contributed by atoms with Crippen LogP contribution in [0.25, 0.3) is 22.3 Å². The maximum absolute atomic E-state index is 15.0. The van der Waals surface area contributed by atoms with Crippen molar-refractivity contribution in [2.45, 2.75) is 38.7 Å². The minimum absolute atomic E-state index is 0.0516. The van der Waals surface area contributed by atoms with E-state index in [1.165, 1.54) is 24.3 Å². The van der Waals surface area contributed by atoms with Crippen molar-refractivity contribution in [2.75, 3.05) is 13.2 Å². The molecular weight excluding hydrogens is 456 g/mol. The molecule has 2 unspecified atom stereocenters. The lowest BCUT2D eigenvalue weighted by Gasteiger charge is -2.27. The largest absolute Gasteiger partial charge is 0.491 e. The third-order valence-electron chi connectivity index (χ3n) is 6.48. The van der Waals surface area contributed by atoms with Crippen molar-refractivity contribution in [3.63, 3.8) is 0 Å². The molecule has 1 aliphatic heterocycles. The quantitative estimate of drug-likeness (QED) is 0.239. The Balaban J connectivity index is 1.49. The number of halogens is 4. The number of hydrogen-bond acceptors (Lipinski definition) is 2. The Labute approximate surface area is 203 Å². The molecule has 2 atom stereocenters. The Morgan fingerprint density at radius 1 is 0.857 bits per heavy atom. The minimum atomic E-state index is -1.28. The molecule has 0 saturated carbocycles. The third kappa shape index (κ3) is 5.43. The van der Waals surface area contributed by atoms with Gasteiger partial charge in [-0.15, -0.1) is 6.58 Å². The maximum atomic E-state index is 15.0. The van der Waals surface area contributed by atoms with E-state index < -0.39 is 23.3 Å². The fraction of sp³-hybridized carbons (Fsp3) is 0.310. The summed E-state index contributed by atoms with van der Waals surface area (Å²) in [5, 5.41) is 0. The monoisotopic (exact) mass is 484 g/mol. The molecule has 4 rings (SSSR count). The van der Waals surface area contributed by atoms with Crippen molar-refractivity contribution < 1.29 is 27.0 Å². The maximum Gasteiger partial charge on any atom is 0.201 e. The Bertz CT molecular complexity index is 1180. The number of hydrogen-bond donors (Lipinski definition) is 0. The second-order valence-corrected chi connectivity index (χ2v) is 8.72. The van der Waals surface area contributed by atoms with Crippen molar-refractivity contribution >= 4 is 0 Å². The van der Waals surface area contributed by atoms with Gasteiger partial charge in [0.15, 0.2) is 23.2 Å². The van der Waals surface area contributed by atoms with Gasteiger partial charge >= 0.3 is 0 Å². The molecule has 0 radical (unpaired) electrons. The molecule has 0 N–H and O–H groups in total. The first-order chi connectivity index (χ1) is 16.9. The SMILES string of the molecule is C=CC1CCC(CCc2ccc(-c3ccc(-c4ccc(OCC)c(F)c4F)c(F)c3F)cc2)OC1. The lowest BCUT2D eigenvalue weighted by Crippen LogP contribution is -2.25. The molecule has 1 heterocycles. The number of benzene rings is 3. The van der Waals surface area contributed by atoms with Crippen LogP contribution in [0, 0.1) is 29.2 Å². The van der Waals surface area contributed by atoms with Crippen LogP contribution in [-0.2, 0) is 11.2 Å². The van der Waals surface area contributed by atoms with Crippen LogP contribution in [0.2, 0.25) is 0 Å². The molecule has 0 aromatic heterocycles. The van der Waals surface area contributed by atoms with E-state index in [1.807, 2.05) is 18.2 Å². The normalized spacial score (nSPS) is 17.9. The third-order valence-corrected chi connectivity index (χ3v) is 6.48. The van der Waals surface area contributed by atoms with E-state index in [0.717, 1.165) is 31.2 Å². The highest BCUT2D eigenvalue weighted by Gasteiger charge is 2.22. The van der Waals surface area contributed by atoms with Gasteiger partial charge < -0.3 is 9.47 Å². The summed E-state index contributed by atoms with van der Waals surface area (Å²) in [7, 11) is 0. The fourth-order valence-electron chi connectivity index (χ4n) is 4.41. The second kappa shape index (κ2) is 11.1. The minimum Gasteiger partial charge on any atom is -0.491 e. The van der Waals surface area contributed by atoms with Crippen molar-refractivity contribution in [3.8, 4) is 28.0 Å². The van der Waals surface area contributed by atoms with Gasteiger partial charge in [0.25, 0.3) is 0 Å². The first kappa shape index (κ1) is 25.0. The molecule has 35 heavy (non-hydrogen) atoms. The van der Waals surface area contributed by atoms with Crippen LogP contribution < -0.4 is 4.74 Å². The molecule has 1 saturated heterocycles. The van der Waals surface area contributed by atoms with E-state index in [1.54, 1.807) is 19.1 Å². The molecule has 1 fully saturated rings. The summed E-state index contributed by atoms with van der Waals surface area (Å²) in [6.45, 7) is 6.31. The summed E-state index contributed by atoms with van der Waals surface area (Å²) < 4.78 is 69.6. The molecule has 0 spiro atoms. The summed E-state index contributed by atoms with van der Waals surface area (Å²) >= 11 is 0. The zero-order valence-electron chi connectivity index (χ0n) is 19.6. The first-order valence-corrected chi connectivity index (χ1v) is 11.9. The second-order valence-electron chi connectivity index (χ2n) is 8.72. The number of ether oxygens (including phenoxy) is 2. The number of aryl methyl sites for hydroxylation is 1. The highest BCUT2D eigenvalue weighted by molar-refractivity contribution is 5.72. The van der Waals surface area contributed by atoms with E-state index in [9.17, 15) is 17.6 Å². The Morgan fingerprint density at radius 3 is 2.11 bits per heavy atom. The summed E-state index contributed by atoms with van der Waals surface area (Å²) in [5.74, 6) is -4.71. The molecule has 6 heteroatoms. The van der Waals surface area contributed by atoms with Crippen LogP contribution in [-0.4, -0.2) is 19.3 Å². The van der Waals surface area contributed by atoms with Crippen molar-refractivity contribution in [1.82, 2.24) is 0 Å². The van der Waals surface area contributed by atoms with E-state index >= 15 is 0 Å². The Kier molecular flexibility index (Phi) is 7.91. The molecule has 3 aromatic rings. The zero-order valence-corrected chi connectivity index (χ0v) is 19.6. The molecular formula is C29H28F4O2. The van der Waals surface area contributed by atoms with E-state index in [0.29, 0.717) is 18.1 Å². The topological polar surface area (TPSA) is 18.5 Å². The predicted molar refractivity (Wildman–Crippen MR) is 129 cm³/mol. The van der Waals surface area contributed by atoms with Crippen molar-refractivity contribution in [1.29, 1.82) is 0 Å². The van der Waals surface area contributed by atoms with Crippen LogP contribution >= 0.6 is 0 Å². The Morgan fingerprint density at radius 2 is 1.49 bits per heavy atom. The number of rotatable bonds is 8. The fourth-order valence-corrected chi connectivity index (χ4v) is 4.41. The summed E-state index contributed by atoms with van der Waals surface area (Å²) in [5.41, 5.74) is 0.906. The van der Waals surface area contributed by atoms with E-state index in [4.69, 9.17) is 9.47 Å². The highest BCUT2D eigenvalue weighted by Crippen LogP contribution is 2.35. The van der Waals surface area contributed by atoms with E-state index in [2.05, 4.69) is 6.58 Å². The standard InChI is InChI=1S/C29H28F4O2/c1-3-18-7-11-21(35-17-18)12-8-19-5-9-20(10-6-19)22-13-14-23(27(31)26(22)30)24-15-16-25(34-4-2)29(33)28(24)32/h3,5-6,9-10,13-16,18,21H,1,4,7-8,11-12,17H2,2H3. The average Bonchev–Trinajstić information content (AvgIpc) is 2.88. The summed E-state index contributed by atoms with van der Waals surface area (Å²) in [4.78, 5) is 0. The lowest BCUT2D eigenvalue weighted by molar-refractivity contribution is -0.00779. The summed E-state index contributed by atoms with van der Waals surface area (Å²) in [6.07, 6.45) is 5.97. The molecule has 0 amide bonds. The van der Waals surface area contributed by atoms with Crippen LogP contribution in [0.4, 0.5) is 17.6 Å². The van der Waals surface area contributed by atoms with Crippen molar-refractivity contribution in [3.05, 3.63) is 90.0 Å². The van der Waals surface area contributed by atoms with Crippen LogP contribution in [0.1, 0.15) is 31.7 Å². The summed E-state index contributed by atoms with van der Waals surface area (Å²) in [6, 6.07) is 12.3. The first-order valence-electron chi connectivity index (χ1n) is 11.9. The molecule has 0 aliphatic carbocycles. The van der Waals surface area contributed by atoms with Gasteiger partial charge in [-0.3, -0.25) is 0 Å². The van der Waals surface area contributed by atoms with Gasteiger partial charge in [-0.2, -0.15) is 4.39 Å². The van der Waals surface area contributed by atoms with Gasteiger partial charge in [0.05, 0.1) is 19.3 Å². The Hall–Kier alpha value is -3.12. The van der Waals surface area contributed by atoms with Gasteiger partial charge in [0.2, 0.25) is 5.82 Å². The zero-order chi connectivity index (χ0) is 24.9. The van der Waals surface area contributed by atoms with Gasteiger partial charge in [-0.1, -0.05) is 42.5 Å². The van der Waals surface area contributed by atoms with Crippen LogP contribution in [0.5, 0.6) is 5.75 Å². The molecule has 1 aliphatic rings. The molecule has 2 nitrogen and oxygen atoms in total. The highest BCUT2D eigenvalue weighted by atomic mass is 19.2. The smallest absolute Gasteiger partial charge is 0.201 e. The average molecular weight is 485 g/mol. The van der Waals surface area contributed by atoms with Gasteiger partial charge in [0, 0.05) is 22.6 Å². The predicted octanol–water partition coefficient (Wildman–Crippen LogP) is 7.89.